The zero-order chi connectivity index (χ0) is 21.8. The quantitative estimate of drug-likeness (QED) is 0.685. The van der Waals surface area contributed by atoms with Gasteiger partial charge in [-0.3, -0.25) is 9.59 Å². The first-order valence-electron chi connectivity index (χ1n) is 11.4. The Morgan fingerprint density at radius 1 is 1.35 bits per heavy atom. The smallest absolute Gasteiger partial charge is 0.226 e. The second-order valence-electron chi connectivity index (χ2n) is 9.89. The molecule has 3 aliphatic rings. The monoisotopic (exact) mass is 438 g/mol. The van der Waals surface area contributed by atoms with Crippen LogP contribution in [0.2, 0.25) is 0 Å². The summed E-state index contributed by atoms with van der Waals surface area (Å²) in [5, 5.41) is 13.9. The third-order valence-corrected chi connectivity index (χ3v) is 9.03. The maximum Gasteiger partial charge on any atom is 0.226 e. The second kappa shape index (κ2) is 7.73. The summed E-state index contributed by atoms with van der Waals surface area (Å²) >= 11 is 1.48. The molecule has 5 atom stereocenters. The average molecular weight is 439 g/mol. The van der Waals surface area contributed by atoms with Gasteiger partial charge in [0.25, 0.3) is 0 Å². The van der Waals surface area contributed by atoms with Gasteiger partial charge in [-0.1, -0.05) is 19.1 Å². The van der Waals surface area contributed by atoms with Gasteiger partial charge >= 0.3 is 0 Å². The Morgan fingerprint density at radius 2 is 2.19 bits per heavy atom. The van der Waals surface area contributed by atoms with Crippen LogP contribution in [0.5, 0.6) is 5.75 Å². The van der Waals surface area contributed by atoms with E-state index in [4.69, 9.17) is 0 Å². The van der Waals surface area contributed by atoms with Crippen LogP contribution in [0.25, 0.3) is 0 Å². The Labute approximate surface area is 187 Å². The second-order valence-corrected chi connectivity index (χ2v) is 11.1. The highest BCUT2D eigenvalue weighted by atomic mass is 32.1. The molecular weight excluding hydrogens is 408 g/mol. The van der Waals surface area contributed by atoms with Crippen molar-refractivity contribution < 1.29 is 14.7 Å². The molecule has 164 valence electrons. The topological polar surface area (TPSA) is 79.3 Å². The first kappa shape index (κ1) is 20.7. The lowest BCUT2D eigenvalue weighted by atomic mass is 9.54. The molecule has 0 aliphatic heterocycles. The lowest BCUT2D eigenvalue weighted by Gasteiger charge is -2.50. The average Bonchev–Trinajstić information content (AvgIpc) is 3.26. The van der Waals surface area contributed by atoms with Gasteiger partial charge in [0.15, 0.2) is 5.13 Å². The number of nitrogens with zero attached hydrogens (tertiary/aromatic N) is 1. The number of hydrogen-bond donors (Lipinski definition) is 2. The molecule has 1 amide bonds. The predicted molar refractivity (Wildman–Crippen MR) is 121 cm³/mol. The number of phenols is 1. The lowest BCUT2D eigenvalue weighted by Crippen LogP contribution is -2.44. The van der Waals surface area contributed by atoms with Crippen molar-refractivity contribution in [1.29, 1.82) is 0 Å². The van der Waals surface area contributed by atoms with Crippen LogP contribution in [0.4, 0.5) is 5.13 Å². The molecule has 5 unspecified atom stereocenters. The summed E-state index contributed by atoms with van der Waals surface area (Å²) in [4.78, 5) is 30.9. The zero-order valence-electron chi connectivity index (χ0n) is 18.2. The van der Waals surface area contributed by atoms with Crippen molar-refractivity contribution in [3.8, 4) is 5.75 Å². The van der Waals surface area contributed by atoms with Crippen molar-refractivity contribution >= 4 is 28.2 Å². The number of benzene rings is 1. The van der Waals surface area contributed by atoms with Crippen LogP contribution >= 0.6 is 11.3 Å². The maximum atomic E-state index is 13.1. The number of carbonyl (C=O) groups excluding carboxylic acids is 2. The zero-order valence-corrected chi connectivity index (χ0v) is 19.0. The van der Waals surface area contributed by atoms with E-state index in [0.717, 1.165) is 42.5 Å². The standard InChI is InChI=1S/C25H30N2O3S/c1-14-13-26-24(31-14)27-22(30)9-6-15-12-21(29)25(2)11-10-17-16-4-3-5-20(28)18(16)7-8-19(17)23(15)25/h3-5,13,15,17,19,23,28H,6-12H2,1-2H3,(H,26,27,30). The van der Waals surface area contributed by atoms with Crippen molar-refractivity contribution in [2.75, 3.05) is 5.32 Å². The highest BCUT2D eigenvalue weighted by Crippen LogP contribution is 2.62. The minimum absolute atomic E-state index is 0.0123. The molecular formula is C25H30N2O3S. The number of aryl methyl sites for hydroxylation is 1. The fraction of sp³-hybridized carbons (Fsp3) is 0.560. The first-order chi connectivity index (χ1) is 14.9. The number of phenolic OH excluding ortho intramolecular Hbond substituents is 1. The van der Waals surface area contributed by atoms with Crippen molar-refractivity contribution in [3.05, 3.63) is 40.4 Å². The van der Waals surface area contributed by atoms with Crippen molar-refractivity contribution in [2.24, 2.45) is 23.2 Å². The minimum Gasteiger partial charge on any atom is -0.508 e. The number of hydrogen-bond acceptors (Lipinski definition) is 5. The molecule has 1 heterocycles. The van der Waals surface area contributed by atoms with Crippen LogP contribution in [0.3, 0.4) is 0 Å². The summed E-state index contributed by atoms with van der Waals surface area (Å²) in [6, 6.07) is 5.91. The van der Waals surface area contributed by atoms with Gasteiger partial charge in [0.05, 0.1) is 0 Å². The van der Waals surface area contributed by atoms with Gasteiger partial charge in [-0.15, -0.1) is 11.3 Å². The van der Waals surface area contributed by atoms with E-state index in [0.29, 0.717) is 47.3 Å². The summed E-state index contributed by atoms with van der Waals surface area (Å²) in [6.07, 6.45) is 7.36. The molecule has 5 nitrogen and oxygen atoms in total. The van der Waals surface area contributed by atoms with E-state index in [-0.39, 0.29) is 17.2 Å². The van der Waals surface area contributed by atoms with Crippen LogP contribution in [0.15, 0.2) is 24.4 Å². The Hall–Kier alpha value is -2.21. The number of carbonyl (C=O) groups is 2. The summed E-state index contributed by atoms with van der Waals surface area (Å²) in [7, 11) is 0. The number of aromatic nitrogens is 1. The molecule has 3 aliphatic carbocycles. The molecule has 31 heavy (non-hydrogen) atoms. The van der Waals surface area contributed by atoms with Gasteiger partial charge in [0, 0.05) is 29.3 Å². The maximum absolute atomic E-state index is 13.1. The van der Waals surface area contributed by atoms with Gasteiger partial charge in [-0.25, -0.2) is 4.98 Å². The molecule has 1 aromatic heterocycles. The van der Waals surface area contributed by atoms with Gasteiger partial charge < -0.3 is 10.4 Å². The molecule has 5 rings (SSSR count). The number of thiazole rings is 1. The summed E-state index contributed by atoms with van der Waals surface area (Å²) in [5.74, 6) is 2.23. The van der Waals surface area contributed by atoms with Gasteiger partial charge in [-0.05, 0) is 79.9 Å². The molecule has 0 radical (unpaired) electrons. The minimum atomic E-state index is -0.261. The third-order valence-electron chi connectivity index (χ3n) is 8.21. The number of nitrogens with one attached hydrogen (secondary N) is 1. The number of rotatable bonds is 4. The molecule has 6 heteroatoms. The van der Waals surface area contributed by atoms with E-state index >= 15 is 0 Å². The largest absolute Gasteiger partial charge is 0.508 e. The number of amides is 1. The van der Waals surface area contributed by atoms with E-state index in [1.54, 1.807) is 12.3 Å². The van der Waals surface area contributed by atoms with Crippen molar-refractivity contribution in [1.82, 2.24) is 4.98 Å². The summed E-state index contributed by atoms with van der Waals surface area (Å²) in [5.41, 5.74) is 2.13. The normalized spacial score (nSPS) is 31.6. The molecule has 2 N–H and O–H groups in total. The van der Waals surface area contributed by atoms with E-state index in [9.17, 15) is 14.7 Å². The first-order valence-corrected chi connectivity index (χ1v) is 12.2. The predicted octanol–water partition coefficient (Wildman–Crippen LogP) is 5.23. The van der Waals surface area contributed by atoms with Crippen LogP contribution in [-0.2, 0) is 16.0 Å². The van der Waals surface area contributed by atoms with E-state index in [2.05, 4.69) is 23.3 Å². The van der Waals surface area contributed by atoms with E-state index < -0.39 is 0 Å². The number of anilines is 1. The fourth-order valence-electron chi connectivity index (χ4n) is 6.83. The number of aromatic hydroxyl groups is 1. The van der Waals surface area contributed by atoms with Gasteiger partial charge in [0.1, 0.15) is 11.5 Å². The molecule has 0 saturated heterocycles. The highest BCUT2D eigenvalue weighted by molar-refractivity contribution is 7.15. The Bertz CT molecular complexity index is 1030. The molecule has 0 bridgehead atoms. The van der Waals surface area contributed by atoms with Gasteiger partial charge in [-0.2, -0.15) is 0 Å². The SMILES string of the molecule is Cc1cnc(NC(=O)CCC2CC(=O)C3(C)CCC4c5cccc(O)c5CCC4C23)s1. The number of Topliss-reactive ketones (excluding diaryl/α,β-unsaturated/α-hetero) is 1. The molecule has 2 aromatic rings. The Balaban J connectivity index is 1.34. The summed E-state index contributed by atoms with van der Waals surface area (Å²) < 4.78 is 0. The molecule has 0 spiro atoms. The fourth-order valence-corrected chi connectivity index (χ4v) is 7.51. The third kappa shape index (κ3) is 3.49. The highest BCUT2D eigenvalue weighted by Gasteiger charge is 2.58. The lowest BCUT2D eigenvalue weighted by molar-refractivity contribution is -0.129. The van der Waals surface area contributed by atoms with Crippen LogP contribution in [0.1, 0.15) is 67.4 Å². The van der Waals surface area contributed by atoms with E-state index in [1.165, 1.54) is 16.9 Å². The Kier molecular flexibility index (Phi) is 5.16. The molecule has 1 aromatic carbocycles. The van der Waals surface area contributed by atoms with Crippen molar-refractivity contribution in [2.45, 2.75) is 64.7 Å². The van der Waals surface area contributed by atoms with E-state index in [1.807, 2.05) is 13.0 Å². The number of fused-ring (bicyclic) bond motifs is 5. The van der Waals surface area contributed by atoms with Crippen LogP contribution in [0, 0.1) is 30.1 Å². The van der Waals surface area contributed by atoms with Crippen LogP contribution < -0.4 is 5.32 Å². The number of ketones is 1. The Morgan fingerprint density at radius 3 is 2.97 bits per heavy atom. The van der Waals surface area contributed by atoms with Crippen LogP contribution in [-0.4, -0.2) is 21.8 Å². The van der Waals surface area contributed by atoms with Crippen molar-refractivity contribution in [3.63, 3.8) is 0 Å². The summed E-state index contributed by atoms with van der Waals surface area (Å²) in [6.45, 7) is 4.15. The molecule has 2 saturated carbocycles. The van der Waals surface area contributed by atoms with Gasteiger partial charge in [0.2, 0.25) is 5.91 Å². The molecule has 2 fully saturated rings.